The lowest BCUT2D eigenvalue weighted by Gasteiger charge is -2.27. The third-order valence-electron chi connectivity index (χ3n) is 3.19. The van der Waals surface area contributed by atoms with Crippen LogP contribution in [-0.2, 0) is 14.8 Å². The van der Waals surface area contributed by atoms with Gasteiger partial charge in [-0.2, -0.15) is 0 Å². The maximum atomic E-state index is 12.3. The summed E-state index contributed by atoms with van der Waals surface area (Å²) >= 11 is 6.00. The molecule has 1 rings (SSSR count). The Morgan fingerprint density at radius 1 is 1.29 bits per heavy atom. The Kier molecular flexibility index (Phi) is 5.41. The topological polar surface area (TPSA) is 75.3 Å². The van der Waals surface area contributed by atoms with E-state index in [1.54, 1.807) is 0 Å². The van der Waals surface area contributed by atoms with Crippen molar-refractivity contribution < 1.29 is 13.2 Å². The first-order valence-corrected chi connectivity index (χ1v) is 8.39. The van der Waals surface area contributed by atoms with Gasteiger partial charge in [0.15, 0.2) is 0 Å². The molecule has 0 aliphatic rings. The Labute approximate surface area is 131 Å². The van der Waals surface area contributed by atoms with Crippen LogP contribution in [0.1, 0.15) is 34.6 Å². The first kappa shape index (κ1) is 17.9. The maximum absolute atomic E-state index is 12.3. The van der Waals surface area contributed by atoms with Crippen LogP contribution in [0, 0.1) is 5.41 Å². The van der Waals surface area contributed by atoms with E-state index in [0.29, 0.717) is 5.69 Å². The molecule has 0 unspecified atom stereocenters. The smallest absolute Gasteiger partial charge is 0.240 e. The lowest BCUT2D eigenvalue weighted by Crippen LogP contribution is -2.41. The highest BCUT2D eigenvalue weighted by atomic mass is 35.5. The fourth-order valence-electron chi connectivity index (χ4n) is 1.43. The lowest BCUT2D eigenvalue weighted by atomic mass is 9.89. The second-order valence-corrected chi connectivity index (χ2v) is 8.15. The summed E-state index contributed by atoms with van der Waals surface area (Å²) in [5, 5.41) is 2.71. The van der Waals surface area contributed by atoms with Gasteiger partial charge < -0.3 is 5.32 Å². The molecule has 5 nitrogen and oxygen atoms in total. The van der Waals surface area contributed by atoms with Gasteiger partial charge in [0, 0.05) is 13.0 Å². The van der Waals surface area contributed by atoms with Crippen LogP contribution >= 0.6 is 11.6 Å². The van der Waals surface area contributed by atoms with Crippen LogP contribution in [0.4, 0.5) is 5.69 Å². The van der Waals surface area contributed by atoms with E-state index in [0.717, 1.165) is 0 Å². The molecule has 1 amide bonds. The molecule has 0 saturated heterocycles. The molecule has 0 spiro atoms. The average molecular weight is 333 g/mol. The molecule has 1 atom stereocenters. The molecule has 118 valence electrons. The monoisotopic (exact) mass is 332 g/mol. The van der Waals surface area contributed by atoms with Crippen LogP contribution in [0.3, 0.4) is 0 Å². The molecular formula is C14H21ClN2O3S. The van der Waals surface area contributed by atoms with Gasteiger partial charge in [-0.1, -0.05) is 32.4 Å². The SMILES string of the molecule is CC(=O)Nc1ccc(S(=O)(=O)N[C@H](C)C(C)(C)C)cc1Cl. The second-order valence-electron chi connectivity index (χ2n) is 6.03. The van der Waals surface area contributed by atoms with Crippen LogP contribution < -0.4 is 10.0 Å². The van der Waals surface area contributed by atoms with E-state index >= 15 is 0 Å². The predicted octanol–water partition coefficient (Wildman–Crippen LogP) is 3.01. The van der Waals surface area contributed by atoms with E-state index in [4.69, 9.17) is 11.6 Å². The molecule has 0 saturated carbocycles. The van der Waals surface area contributed by atoms with Crippen LogP contribution in [0.25, 0.3) is 0 Å². The summed E-state index contributed by atoms with van der Waals surface area (Å²) in [7, 11) is -3.66. The highest BCUT2D eigenvalue weighted by Gasteiger charge is 2.26. The van der Waals surface area contributed by atoms with E-state index in [9.17, 15) is 13.2 Å². The number of nitrogens with one attached hydrogen (secondary N) is 2. The van der Waals surface area contributed by atoms with Crippen LogP contribution in [0.2, 0.25) is 5.02 Å². The normalized spacial score (nSPS) is 13.8. The number of hydrogen-bond acceptors (Lipinski definition) is 3. The summed E-state index contributed by atoms with van der Waals surface area (Å²) in [5.74, 6) is -0.271. The number of hydrogen-bond donors (Lipinski definition) is 2. The molecule has 0 radical (unpaired) electrons. The number of benzene rings is 1. The van der Waals surface area contributed by atoms with Gasteiger partial charge in [-0.05, 0) is 30.5 Å². The van der Waals surface area contributed by atoms with E-state index in [-0.39, 0.29) is 27.3 Å². The number of amides is 1. The fraction of sp³-hybridized carbons (Fsp3) is 0.500. The Balaban J connectivity index is 3.05. The standard InChI is InChI=1S/C14H21ClN2O3S/c1-9(14(3,4)5)17-21(19,20)11-6-7-13(12(15)8-11)16-10(2)18/h6-9,17H,1-5H3,(H,16,18)/t9-/m1/s1. The number of halogens is 1. The number of carbonyl (C=O) groups is 1. The van der Waals surface area contributed by atoms with Crippen molar-refractivity contribution in [3.8, 4) is 0 Å². The van der Waals surface area contributed by atoms with Gasteiger partial charge in [-0.3, -0.25) is 4.79 Å². The molecule has 0 aliphatic heterocycles. The number of carbonyl (C=O) groups excluding carboxylic acids is 1. The molecule has 0 bridgehead atoms. The van der Waals surface area contributed by atoms with Crippen molar-refractivity contribution in [2.45, 2.75) is 45.6 Å². The van der Waals surface area contributed by atoms with Gasteiger partial charge in [0.1, 0.15) is 0 Å². The minimum Gasteiger partial charge on any atom is -0.325 e. The van der Waals surface area contributed by atoms with Gasteiger partial charge in [0.25, 0.3) is 0 Å². The quantitative estimate of drug-likeness (QED) is 0.890. The number of sulfonamides is 1. The largest absolute Gasteiger partial charge is 0.325 e. The van der Waals surface area contributed by atoms with Crippen molar-refractivity contribution in [1.82, 2.24) is 4.72 Å². The van der Waals surface area contributed by atoms with Crippen molar-refractivity contribution in [2.75, 3.05) is 5.32 Å². The van der Waals surface area contributed by atoms with Crippen molar-refractivity contribution in [1.29, 1.82) is 0 Å². The van der Waals surface area contributed by atoms with E-state index in [1.165, 1.54) is 25.1 Å². The summed E-state index contributed by atoms with van der Waals surface area (Å²) in [4.78, 5) is 11.1. The van der Waals surface area contributed by atoms with Gasteiger partial charge in [0.05, 0.1) is 15.6 Å². The molecule has 0 aliphatic carbocycles. The van der Waals surface area contributed by atoms with Crippen molar-refractivity contribution in [2.24, 2.45) is 5.41 Å². The van der Waals surface area contributed by atoms with Gasteiger partial charge in [0.2, 0.25) is 15.9 Å². The maximum Gasteiger partial charge on any atom is 0.240 e. The minimum absolute atomic E-state index is 0.0673. The summed E-state index contributed by atoms with van der Waals surface area (Å²) in [6, 6.07) is 3.97. The summed E-state index contributed by atoms with van der Waals surface area (Å²) in [5.41, 5.74) is 0.180. The van der Waals surface area contributed by atoms with Crippen molar-refractivity contribution in [3.63, 3.8) is 0 Å². The van der Waals surface area contributed by atoms with Crippen LogP contribution in [0.5, 0.6) is 0 Å². The Hall–Kier alpha value is -1.11. The number of anilines is 1. The average Bonchev–Trinajstić information content (AvgIpc) is 2.29. The highest BCUT2D eigenvalue weighted by molar-refractivity contribution is 7.89. The zero-order valence-corrected chi connectivity index (χ0v) is 14.4. The second kappa shape index (κ2) is 6.34. The van der Waals surface area contributed by atoms with Crippen molar-refractivity contribution >= 4 is 33.2 Å². The number of rotatable bonds is 4. The van der Waals surface area contributed by atoms with Gasteiger partial charge >= 0.3 is 0 Å². The Bertz CT molecular complexity index is 636. The molecule has 1 aromatic carbocycles. The fourth-order valence-corrected chi connectivity index (χ4v) is 3.20. The molecule has 21 heavy (non-hydrogen) atoms. The molecular weight excluding hydrogens is 312 g/mol. The van der Waals surface area contributed by atoms with Gasteiger partial charge in [-0.25, -0.2) is 13.1 Å². The Morgan fingerprint density at radius 3 is 2.29 bits per heavy atom. The molecule has 2 N–H and O–H groups in total. The lowest BCUT2D eigenvalue weighted by molar-refractivity contribution is -0.114. The summed E-state index contributed by atoms with van der Waals surface area (Å²) in [6.45, 7) is 9.02. The molecule has 0 aromatic heterocycles. The molecule has 7 heteroatoms. The van der Waals surface area contributed by atoms with E-state index in [1.807, 2.05) is 27.7 Å². The van der Waals surface area contributed by atoms with Crippen LogP contribution in [-0.4, -0.2) is 20.4 Å². The third kappa shape index (κ3) is 4.98. The summed E-state index contributed by atoms with van der Waals surface area (Å²) in [6.07, 6.45) is 0. The van der Waals surface area contributed by atoms with E-state index < -0.39 is 10.0 Å². The first-order chi connectivity index (χ1) is 9.43. The first-order valence-electron chi connectivity index (χ1n) is 6.53. The zero-order valence-electron chi connectivity index (χ0n) is 12.8. The molecule has 0 heterocycles. The summed E-state index contributed by atoms with van der Waals surface area (Å²) < 4.78 is 27.3. The third-order valence-corrected chi connectivity index (χ3v) is 5.04. The van der Waals surface area contributed by atoms with Crippen LogP contribution in [0.15, 0.2) is 23.1 Å². The van der Waals surface area contributed by atoms with E-state index in [2.05, 4.69) is 10.0 Å². The van der Waals surface area contributed by atoms with Gasteiger partial charge in [-0.15, -0.1) is 0 Å². The zero-order chi connectivity index (χ0) is 16.4. The minimum atomic E-state index is -3.66. The van der Waals surface area contributed by atoms with Crippen molar-refractivity contribution in [3.05, 3.63) is 23.2 Å². The highest BCUT2D eigenvalue weighted by Crippen LogP contribution is 2.26. The molecule has 0 fully saturated rings. The predicted molar refractivity (Wildman–Crippen MR) is 85.0 cm³/mol. The molecule has 1 aromatic rings. The Morgan fingerprint density at radius 2 is 1.86 bits per heavy atom.